The Bertz CT molecular complexity index is 793. The van der Waals surface area contributed by atoms with Gasteiger partial charge < -0.3 is 19.3 Å². The molecule has 3 heterocycles. The molecule has 2 amide bonds. The van der Waals surface area contributed by atoms with Gasteiger partial charge in [-0.05, 0) is 57.2 Å². The average molecular weight is 430 g/mol. The van der Waals surface area contributed by atoms with Crippen LogP contribution >= 0.6 is 0 Å². The number of hydrogen-bond acceptors (Lipinski definition) is 5. The molecule has 3 fully saturated rings. The van der Waals surface area contributed by atoms with Crippen LogP contribution < -0.4 is 9.47 Å². The second-order valence-corrected chi connectivity index (χ2v) is 8.87. The topological polar surface area (TPSA) is 62.3 Å². The summed E-state index contributed by atoms with van der Waals surface area (Å²) in [5.41, 5.74) is 1.03. The number of carbonyl (C=O) groups excluding carboxylic acids is 2. The molecule has 0 aliphatic carbocycles. The molecule has 3 aliphatic heterocycles. The van der Waals surface area contributed by atoms with Gasteiger partial charge in [-0.3, -0.25) is 14.5 Å². The van der Waals surface area contributed by atoms with Gasteiger partial charge >= 0.3 is 0 Å². The van der Waals surface area contributed by atoms with E-state index in [9.17, 15) is 9.59 Å². The third-order valence-corrected chi connectivity index (χ3v) is 7.03. The number of hydrogen-bond donors (Lipinski definition) is 0. The molecule has 0 bridgehead atoms. The molecule has 7 heteroatoms. The van der Waals surface area contributed by atoms with Gasteiger partial charge in [0.15, 0.2) is 0 Å². The summed E-state index contributed by atoms with van der Waals surface area (Å²) in [5, 5.41) is 0. The lowest BCUT2D eigenvalue weighted by Gasteiger charge is -2.37. The van der Waals surface area contributed by atoms with Crippen LogP contribution in [0.5, 0.6) is 11.5 Å². The zero-order valence-corrected chi connectivity index (χ0v) is 18.8. The number of piperidine rings is 1. The van der Waals surface area contributed by atoms with Crippen LogP contribution in [0.4, 0.5) is 0 Å². The predicted octanol–water partition coefficient (Wildman–Crippen LogP) is 2.84. The van der Waals surface area contributed by atoms with Crippen molar-refractivity contribution in [3.63, 3.8) is 0 Å². The second kappa shape index (κ2) is 9.90. The molecule has 2 atom stereocenters. The van der Waals surface area contributed by atoms with Crippen LogP contribution in [0.25, 0.3) is 0 Å². The lowest BCUT2D eigenvalue weighted by Crippen LogP contribution is -2.53. The minimum Gasteiger partial charge on any atom is -0.497 e. The molecule has 0 aromatic heterocycles. The van der Waals surface area contributed by atoms with Gasteiger partial charge in [-0.25, -0.2) is 0 Å². The van der Waals surface area contributed by atoms with Crippen molar-refractivity contribution in [1.82, 2.24) is 14.7 Å². The Morgan fingerprint density at radius 1 is 0.935 bits per heavy atom. The van der Waals surface area contributed by atoms with Crippen molar-refractivity contribution in [2.45, 2.75) is 57.0 Å². The normalized spacial score (nSPS) is 24.5. The molecular formula is C24H35N3O4. The standard InChI is InChI=1S/C24H35N3O4/c1-30-18-10-11-19(22(16-18)31-2)20-9-7-15-27(20)23(28)17-26-14-4-3-8-21(26)24(29)25-12-5-6-13-25/h10-11,16,20-21H,3-9,12-15,17H2,1-2H3. The van der Waals surface area contributed by atoms with Gasteiger partial charge in [0.2, 0.25) is 11.8 Å². The molecule has 1 aromatic carbocycles. The minimum atomic E-state index is -0.146. The number of methoxy groups -OCH3 is 2. The lowest BCUT2D eigenvalue weighted by atomic mass is 10.0. The highest BCUT2D eigenvalue weighted by molar-refractivity contribution is 5.84. The maximum Gasteiger partial charge on any atom is 0.239 e. The fourth-order valence-electron chi connectivity index (χ4n) is 5.36. The van der Waals surface area contributed by atoms with E-state index in [1.54, 1.807) is 14.2 Å². The molecule has 0 radical (unpaired) electrons. The average Bonchev–Trinajstić information content (AvgIpc) is 3.51. The zero-order valence-electron chi connectivity index (χ0n) is 18.8. The fourth-order valence-corrected chi connectivity index (χ4v) is 5.36. The third-order valence-electron chi connectivity index (χ3n) is 7.03. The lowest BCUT2D eigenvalue weighted by molar-refractivity contribution is -0.140. The minimum absolute atomic E-state index is 0.00544. The van der Waals surface area contributed by atoms with E-state index >= 15 is 0 Å². The Morgan fingerprint density at radius 3 is 2.45 bits per heavy atom. The van der Waals surface area contributed by atoms with Crippen molar-refractivity contribution in [3.8, 4) is 11.5 Å². The van der Waals surface area contributed by atoms with E-state index in [1.807, 2.05) is 28.0 Å². The van der Waals surface area contributed by atoms with Crippen molar-refractivity contribution in [1.29, 1.82) is 0 Å². The predicted molar refractivity (Wildman–Crippen MR) is 118 cm³/mol. The number of likely N-dealkylation sites (tertiary alicyclic amines) is 3. The molecule has 3 aliphatic rings. The Balaban J connectivity index is 1.47. The van der Waals surface area contributed by atoms with Crippen molar-refractivity contribution >= 4 is 11.8 Å². The van der Waals surface area contributed by atoms with Crippen molar-refractivity contribution < 1.29 is 19.1 Å². The van der Waals surface area contributed by atoms with Crippen molar-refractivity contribution in [3.05, 3.63) is 23.8 Å². The number of amides is 2. The number of benzene rings is 1. The molecule has 3 saturated heterocycles. The molecular weight excluding hydrogens is 394 g/mol. The summed E-state index contributed by atoms with van der Waals surface area (Å²) < 4.78 is 10.9. The Hall–Kier alpha value is -2.28. The molecule has 1 aromatic rings. The number of nitrogens with zero attached hydrogens (tertiary/aromatic N) is 3. The summed E-state index contributed by atoms with van der Waals surface area (Å²) in [6.45, 7) is 3.61. The molecule has 2 unspecified atom stereocenters. The van der Waals surface area contributed by atoms with Crippen LogP contribution in [0.3, 0.4) is 0 Å². The summed E-state index contributed by atoms with van der Waals surface area (Å²) in [5.74, 6) is 1.83. The van der Waals surface area contributed by atoms with E-state index in [-0.39, 0.29) is 23.9 Å². The highest BCUT2D eigenvalue weighted by atomic mass is 16.5. The van der Waals surface area contributed by atoms with Crippen LogP contribution in [0.1, 0.15) is 56.6 Å². The first-order chi connectivity index (χ1) is 15.1. The molecule has 0 saturated carbocycles. The van der Waals surface area contributed by atoms with Gasteiger partial charge in [-0.15, -0.1) is 0 Å². The Labute approximate surface area is 185 Å². The molecule has 0 spiro atoms. The second-order valence-electron chi connectivity index (χ2n) is 8.87. The van der Waals surface area contributed by atoms with Gasteiger partial charge in [0.1, 0.15) is 11.5 Å². The number of carbonyl (C=O) groups is 2. The van der Waals surface area contributed by atoms with E-state index in [4.69, 9.17) is 9.47 Å². The molecule has 31 heavy (non-hydrogen) atoms. The molecule has 7 nitrogen and oxygen atoms in total. The van der Waals surface area contributed by atoms with Gasteiger partial charge in [-0.2, -0.15) is 0 Å². The maximum atomic E-state index is 13.4. The summed E-state index contributed by atoms with van der Waals surface area (Å²) in [6, 6.07) is 5.67. The summed E-state index contributed by atoms with van der Waals surface area (Å²) in [4.78, 5) is 32.6. The summed E-state index contributed by atoms with van der Waals surface area (Å²) in [6.07, 6.45) is 7.05. The van der Waals surface area contributed by atoms with Crippen molar-refractivity contribution in [2.75, 3.05) is 46.9 Å². The van der Waals surface area contributed by atoms with E-state index in [0.717, 1.165) is 88.2 Å². The highest BCUT2D eigenvalue weighted by Crippen LogP contribution is 2.39. The smallest absolute Gasteiger partial charge is 0.239 e. The van der Waals surface area contributed by atoms with Crippen LogP contribution in [0.15, 0.2) is 18.2 Å². The highest BCUT2D eigenvalue weighted by Gasteiger charge is 2.37. The quantitative estimate of drug-likeness (QED) is 0.696. The van der Waals surface area contributed by atoms with Gasteiger partial charge in [0.05, 0.1) is 32.8 Å². The first-order valence-corrected chi connectivity index (χ1v) is 11.7. The monoisotopic (exact) mass is 429 g/mol. The van der Waals surface area contributed by atoms with Gasteiger partial charge in [0.25, 0.3) is 0 Å². The van der Waals surface area contributed by atoms with E-state index in [0.29, 0.717) is 6.54 Å². The van der Waals surface area contributed by atoms with Crippen LogP contribution in [-0.2, 0) is 9.59 Å². The van der Waals surface area contributed by atoms with E-state index in [1.165, 1.54) is 0 Å². The first-order valence-electron chi connectivity index (χ1n) is 11.7. The first kappa shape index (κ1) is 21.9. The molecule has 4 rings (SSSR count). The number of rotatable bonds is 6. The van der Waals surface area contributed by atoms with Gasteiger partial charge in [-0.1, -0.05) is 6.42 Å². The van der Waals surface area contributed by atoms with Crippen LogP contribution in [0, 0.1) is 0 Å². The Morgan fingerprint density at radius 2 is 1.71 bits per heavy atom. The fraction of sp³-hybridized carbons (Fsp3) is 0.667. The summed E-state index contributed by atoms with van der Waals surface area (Å²) >= 11 is 0. The van der Waals surface area contributed by atoms with Crippen molar-refractivity contribution in [2.24, 2.45) is 0 Å². The largest absolute Gasteiger partial charge is 0.497 e. The molecule has 170 valence electrons. The number of ether oxygens (including phenoxy) is 2. The maximum absolute atomic E-state index is 13.4. The summed E-state index contributed by atoms with van der Waals surface area (Å²) in [7, 11) is 3.29. The van der Waals surface area contributed by atoms with Crippen LogP contribution in [-0.4, -0.2) is 79.5 Å². The van der Waals surface area contributed by atoms with E-state index in [2.05, 4.69) is 4.90 Å². The SMILES string of the molecule is COc1ccc(C2CCCN2C(=O)CN2CCCCC2C(=O)N2CCCC2)c(OC)c1. The van der Waals surface area contributed by atoms with Crippen LogP contribution in [0.2, 0.25) is 0 Å². The zero-order chi connectivity index (χ0) is 21.8. The third kappa shape index (κ3) is 4.66. The Kier molecular flexibility index (Phi) is 7.00. The molecule has 0 N–H and O–H groups in total. The van der Waals surface area contributed by atoms with Gasteiger partial charge in [0, 0.05) is 31.3 Å². The van der Waals surface area contributed by atoms with E-state index < -0.39 is 0 Å².